The number of nitrogen functional groups attached to an aromatic ring is 1. The molecule has 0 radical (unpaired) electrons. The molecule has 0 fully saturated rings. The average molecular weight is 516 g/mol. The van der Waals surface area contributed by atoms with E-state index in [1.165, 1.54) is 54.1 Å². The largest absolute Gasteiger partial charge is 0.398 e. The van der Waals surface area contributed by atoms with Crippen molar-refractivity contribution in [1.82, 2.24) is 0 Å². The third-order valence-electron chi connectivity index (χ3n) is 8.25. The monoisotopic (exact) mass is 515 g/mol. The quantitative estimate of drug-likeness (QED) is 0.173. The summed E-state index contributed by atoms with van der Waals surface area (Å²) in [6, 6.07) is 55.4. The van der Waals surface area contributed by atoms with E-state index in [1.54, 1.807) is 0 Å². The number of fused-ring (bicyclic) bond motifs is 3. The van der Waals surface area contributed by atoms with Crippen LogP contribution in [-0.2, 0) is 6.42 Å². The predicted molar refractivity (Wildman–Crippen MR) is 168 cm³/mol. The molecule has 0 amide bonds. The molecule has 0 spiro atoms. The van der Waals surface area contributed by atoms with Gasteiger partial charge in [-0.3, -0.25) is 0 Å². The minimum Gasteiger partial charge on any atom is -0.398 e. The first-order chi connectivity index (χ1) is 19.3. The van der Waals surface area contributed by atoms with E-state index in [4.69, 9.17) is 5.73 Å². The second-order valence-electron chi connectivity index (χ2n) is 10.3. The van der Waals surface area contributed by atoms with E-state index in [0.29, 0.717) is 0 Å². The van der Waals surface area contributed by atoms with Gasteiger partial charge < -0.3 is 5.73 Å². The van der Waals surface area contributed by atoms with E-state index in [0.717, 1.165) is 12.1 Å². The summed E-state index contributed by atoms with van der Waals surface area (Å²) in [6.07, 6.45) is 0.921. The van der Waals surface area contributed by atoms with Crippen LogP contribution in [0.5, 0.6) is 0 Å². The molecule has 1 aliphatic carbocycles. The zero-order valence-corrected chi connectivity index (χ0v) is 22.7. The second-order valence-corrected chi connectivity index (χ2v) is 14.1. The Bertz CT molecular complexity index is 1660. The number of benzene rings is 6. The van der Waals surface area contributed by atoms with Gasteiger partial charge in [-0.05, 0) is 61.1 Å². The van der Waals surface area contributed by atoms with Crippen LogP contribution >= 0.6 is 0 Å². The van der Waals surface area contributed by atoms with Crippen LogP contribution in [0, 0.1) is 0 Å². The van der Waals surface area contributed by atoms with Crippen molar-refractivity contribution < 1.29 is 0 Å². The standard InChI is InChI=1S/C37H29NSi/c38-36-25-24-34-33-19-11-10-12-28(33)26-35(34)37(36)27-20-22-32(23-21-27)39(29-13-4-1-5-14-29,30-15-6-2-7-16-30)31-17-8-3-9-18-31/h1-25H,26,38H2. The summed E-state index contributed by atoms with van der Waals surface area (Å²) in [5.41, 5.74) is 15.2. The normalized spacial score (nSPS) is 12.1. The minimum absolute atomic E-state index is 0.840. The van der Waals surface area contributed by atoms with Crippen molar-refractivity contribution in [2.24, 2.45) is 0 Å². The van der Waals surface area contributed by atoms with Crippen molar-refractivity contribution in [3.8, 4) is 22.3 Å². The highest BCUT2D eigenvalue weighted by Crippen LogP contribution is 2.43. The van der Waals surface area contributed by atoms with E-state index in [2.05, 4.69) is 152 Å². The maximum atomic E-state index is 6.67. The molecular weight excluding hydrogens is 487 g/mol. The van der Waals surface area contributed by atoms with Gasteiger partial charge in [0.15, 0.2) is 8.07 Å². The molecule has 0 saturated carbocycles. The molecule has 0 unspecified atom stereocenters. The summed E-state index contributed by atoms with van der Waals surface area (Å²) in [6.45, 7) is 0. The van der Waals surface area contributed by atoms with Crippen LogP contribution in [0.4, 0.5) is 5.69 Å². The molecule has 186 valence electrons. The molecule has 6 aromatic rings. The van der Waals surface area contributed by atoms with Crippen molar-refractivity contribution in [3.63, 3.8) is 0 Å². The lowest BCUT2D eigenvalue weighted by molar-refractivity contribution is 1.26. The smallest absolute Gasteiger partial charge is 0.179 e. The molecular formula is C37H29NSi. The molecule has 7 rings (SSSR count). The molecule has 1 nitrogen and oxygen atoms in total. The molecule has 39 heavy (non-hydrogen) atoms. The number of anilines is 1. The molecule has 6 aromatic carbocycles. The van der Waals surface area contributed by atoms with E-state index < -0.39 is 8.07 Å². The van der Waals surface area contributed by atoms with Crippen LogP contribution in [-0.4, -0.2) is 8.07 Å². The predicted octanol–water partition coefficient (Wildman–Crippen LogP) is 5.88. The fourth-order valence-electron chi connectivity index (χ4n) is 6.52. The molecule has 2 N–H and O–H groups in total. The Hall–Kier alpha value is -4.66. The van der Waals surface area contributed by atoms with E-state index in [9.17, 15) is 0 Å². The first-order valence-electron chi connectivity index (χ1n) is 13.5. The van der Waals surface area contributed by atoms with Crippen molar-refractivity contribution in [3.05, 3.63) is 163 Å². The lowest BCUT2D eigenvalue weighted by Crippen LogP contribution is -2.74. The molecule has 0 bridgehead atoms. The van der Waals surface area contributed by atoms with Gasteiger partial charge in [0, 0.05) is 11.3 Å². The second kappa shape index (κ2) is 9.58. The van der Waals surface area contributed by atoms with Gasteiger partial charge in [-0.1, -0.05) is 146 Å². The van der Waals surface area contributed by atoms with Gasteiger partial charge in [0.25, 0.3) is 0 Å². The number of hydrogen-bond acceptors (Lipinski definition) is 1. The molecule has 0 heterocycles. The van der Waals surface area contributed by atoms with Gasteiger partial charge in [-0.25, -0.2) is 0 Å². The highest BCUT2D eigenvalue weighted by atomic mass is 28.3. The van der Waals surface area contributed by atoms with Crippen molar-refractivity contribution in [2.75, 3.05) is 5.73 Å². The number of rotatable bonds is 5. The first-order valence-corrected chi connectivity index (χ1v) is 15.5. The Morgan fingerprint density at radius 2 is 0.923 bits per heavy atom. The highest BCUT2D eigenvalue weighted by molar-refractivity contribution is 7.19. The summed E-state index contributed by atoms with van der Waals surface area (Å²) in [5, 5.41) is 5.51. The van der Waals surface area contributed by atoms with Gasteiger partial charge in [-0.2, -0.15) is 0 Å². The van der Waals surface area contributed by atoms with Crippen LogP contribution in [0.2, 0.25) is 0 Å². The van der Waals surface area contributed by atoms with Gasteiger partial charge >= 0.3 is 0 Å². The fourth-order valence-corrected chi connectivity index (χ4v) is 11.3. The van der Waals surface area contributed by atoms with Gasteiger partial charge in [0.05, 0.1) is 0 Å². The third-order valence-corrected chi connectivity index (χ3v) is 13.0. The summed E-state index contributed by atoms with van der Waals surface area (Å²) in [7, 11) is -2.54. The molecule has 0 aromatic heterocycles. The van der Waals surface area contributed by atoms with Gasteiger partial charge in [0.1, 0.15) is 0 Å². The summed E-state index contributed by atoms with van der Waals surface area (Å²) >= 11 is 0. The molecule has 0 aliphatic heterocycles. The Labute approximate surface area is 231 Å². The maximum Gasteiger partial charge on any atom is 0.179 e. The van der Waals surface area contributed by atoms with Crippen LogP contribution in [0.15, 0.2) is 152 Å². The summed E-state index contributed by atoms with van der Waals surface area (Å²) in [5.74, 6) is 0. The summed E-state index contributed by atoms with van der Waals surface area (Å²) < 4.78 is 0. The van der Waals surface area contributed by atoms with Crippen LogP contribution in [0.25, 0.3) is 22.3 Å². The number of hydrogen-bond donors (Lipinski definition) is 1. The van der Waals surface area contributed by atoms with Crippen molar-refractivity contribution in [1.29, 1.82) is 0 Å². The zero-order valence-electron chi connectivity index (χ0n) is 21.7. The van der Waals surface area contributed by atoms with Crippen LogP contribution < -0.4 is 26.5 Å². The first kappa shape index (κ1) is 23.5. The lowest BCUT2D eigenvalue weighted by Gasteiger charge is -2.34. The molecule has 0 atom stereocenters. The topological polar surface area (TPSA) is 26.0 Å². The number of nitrogens with two attached hydrogens (primary N) is 1. The van der Waals surface area contributed by atoms with E-state index in [-0.39, 0.29) is 0 Å². The molecule has 0 saturated heterocycles. The van der Waals surface area contributed by atoms with Crippen molar-refractivity contribution >= 4 is 34.5 Å². The lowest BCUT2D eigenvalue weighted by atomic mass is 9.94. The third kappa shape index (κ3) is 3.76. The Kier molecular flexibility index (Phi) is 5.76. The minimum atomic E-state index is -2.54. The SMILES string of the molecule is Nc1ccc2c(c1-c1ccc([Si](c3ccccc3)(c3ccccc3)c3ccccc3)cc1)Cc1ccccc1-2. The highest BCUT2D eigenvalue weighted by Gasteiger charge is 2.41. The molecule has 1 aliphatic rings. The zero-order chi connectivity index (χ0) is 26.2. The van der Waals surface area contributed by atoms with Gasteiger partial charge in [-0.15, -0.1) is 0 Å². The Morgan fingerprint density at radius 1 is 0.436 bits per heavy atom. The van der Waals surface area contributed by atoms with Gasteiger partial charge in [0.2, 0.25) is 0 Å². The fraction of sp³-hybridized carbons (Fsp3) is 0.0270. The van der Waals surface area contributed by atoms with Crippen LogP contribution in [0.1, 0.15) is 11.1 Å². The van der Waals surface area contributed by atoms with E-state index in [1.807, 2.05) is 0 Å². The average Bonchev–Trinajstić information content (AvgIpc) is 3.38. The Balaban J connectivity index is 1.43. The van der Waals surface area contributed by atoms with Crippen molar-refractivity contribution in [2.45, 2.75) is 6.42 Å². The van der Waals surface area contributed by atoms with Crippen LogP contribution in [0.3, 0.4) is 0 Å². The summed E-state index contributed by atoms with van der Waals surface area (Å²) in [4.78, 5) is 0. The maximum absolute atomic E-state index is 6.67. The van der Waals surface area contributed by atoms with E-state index >= 15 is 0 Å². The Morgan fingerprint density at radius 3 is 1.49 bits per heavy atom. The molecule has 2 heteroatoms.